The highest BCUT2D eigenvalue weighted by Crippen LogP contribution is 2.47. The van der Waals surface area contributed by atoms with Crippen LogP contribution in [0.5, 0.6) is 0 Å². The summed E-state index contributed by atoms with van der Waals surface area (Å²) in [5.74, 6) is 5.89. The second kappa shape index (κ2) is 6.65. The Labute approximate surface area is 155 Å². The summed E-state index contributed by atoms with van der Waals surface area (Å²) in [6, 6.07) is 4.58. The summed E-state index contributed by atoms with van der Waals surface area (Å²) in [7, 11) is 0. The topological polar surface area (TPSA) is 66.2 Å². The second-order valence-corrected chi connectivity index (χ2v) is 8.21. The van der Waals surface area contributed by atoms with E-state index >= 15 is 0 Å². The van der Waals surface area contributed by atoms with Gasteiger partial charge in [0.15, 0.2) is 0 Å². The Kier molecular flexibility index (Phi) is 4.67. The maximum Gasteiger partial charge on any atom is 0.410 e. The first-order valence-electron chi connectivity index (χ1n) is 9.09. The van der Waals surface area contributed by atoms with E-state index in [9.17, 15) is 10.1 Å². The van der Waals surface area contributed by atoms with Crippen LogP contribution in [0.3, 0.4) is 0 Å². The summed E-state index contributed by atoms with van der Waals surface area (Å²) in [5, 5.41) is 10.0. The molecule has 26 heavy (non-hydrogen) atoms. The molecule has 5 heteroatoms. The zero-order valence-electron chi connectivity index (χ0n) is 15.9. The quantitative estimate of drug-likeness (QED) is 0.722. The van der Waals surface area contributed by atoms with Crippen molar-refractivity contribution in [3.8, 4) is 17.9 Å². The van der Waals surface area contributed by atoms with E-state index in [0.717, 1.165) is 24.0 Å². The summed E-state index contributed by atoms with van der Waals surface area (Å²) < 4.78 is 5.59. The number of carbonyl (C=O) groups is 1. The molecule has 2 saturated heterocycles. The van der Waals surface area contributed by atoms with Gasteiger partial charge < -0.3 is 9.64 Å². The lowest BCUT2D eigenvalue weighted by Crippen LogP contribution is -2.52. The number of carbonyl (C=O) groups excluding carboxylic acids is 1. The normalized spacial score (nSPS) is 27.3. The molecule has 1 aromatic heterocycles. The number of piperidine rings is 1. The van der Waals surface area contributed by atoms with Gasteiger partial charge in [-0.2, -0.15) is 5.26 Å². The van der Waals surface area contributed by atoms with E-state index in [2.05, 4.69) is 22.9 Å². The average molecular weight is 351 g/mol. The van der Waals surface area contributed by atoms with Gasteiger partial charge in [-0.05, 0) is 65.0 Å². The highest BCUT2D eigenvalue weighted by molar-refractivity contribution is 5.70. The molecule has 2 aliphatic rings. The van der Waals surface area contributed by atoms with E-state index in [1.54, 1.807) is 19.3 Å². The largest absolute Gasteiger partial charge is 0.444 e. The summed E-state index contributed by atoms with van der Waals surface area (Å²) in [4.78, 5) is 18.8. The highest BCUT2D eigenvalue weighted by atomic mass is 16.6. The molecular formula is C21H25N3O2. The van der Waals surface area contributed by atoms with Crippen molar-refractivity contribution in [2.45, 2.75) is 76.5 Å². The molecule has 0 aliphatic carbocycles. The third kappa shape index (κ3) is 3.40. The van der Waals surface area contributed by atoms with Gasteiger partial charge in [0, 0.05) is 30.0 Å². The van der Waals surface area contributed by atoms with Gasteiger partial charge in [-0.1, -0.05) is 5.92 Å². The molecule has 2 fully saturated rings. The Morgan fingerprint density at radius 3 is 2.50 bits per heavy atom. The summed E-state index contributed by atoms with van der Waals surface area (Å²) >= 11 is 0. The standard InChI is InChI=1S/C21H25N3O2/c1-5-6-15-9-16(13-23-12-15)21(14-22)10-17-7-8-18(11-21)24(17)19(25)26-20(2,3)4/h9,12-13,17-18H,7-8,10-11H2,1-4H3/t17-,18+,21+. The number of ether oxygens (including phenoxy) is 1. The Balaban J connectivity index is 1.88. The van der Waals surface area contributed by atoms with E-state index < -0.39 is 11.0 Å². The van der Waals surface area contributed by atoms with Gasteiger partial charge in [-0.3, -0.25) is 4.98 Å². The SMILES string of the molecule is CC#Cc1cncc([C@@]2(C#N)C[C@H]3CC[C@@H](C2)N3C(=O)OC(C)(C)C)c1. The van der Waals surface area contributed by atoms with Crippen LogP contribution >= 0.6 is 0 Å². The molecule has 1 aromatic rings. The molecule has 0 radical (unpaired) electrons. The first kappa shape index (κ1) is 18.3. The molecule has 0 unspecified atom stereocenters. The van der Waals surface area contributed by atoms with Crippen LogP contribution in [0.1, 0.15) is 64.5 Å². The molecule has 3 atom stereocenters. The molecule has 136 valence electrons. The molecular weight excluding hydrogens is 326 g/mol. The van der Waals surface area contributed by atoms with E-state index in [-0.39, 0.29) is 18.2 Å². The van der Waals surface area contributed by atoms with Crippen LogP contribution in [0.15, 0.2) is 18.5 Å². The third-order valence-corrected chi connectivity index (χ3v) is 5.17. The van der Waals surface area contributed by atoms with Crippen molar-refractivity contribution in [2.75, 3.05) is 0 Å². The fourth-order valence-electron chi connectivity index (χ4n) is 4.17. The summed E-state index contributed by atoms with van der Waals surface area (Å²) in [5.41, 5.74) is 0.586. The predicted molar refractivity (Wildman–Crippen MR) is 98.2 cm³/mol. The van der Waals surface area contributed by atoms with E-state index in [4.69, 9.17) is 4.74 Å². The van der Waals surface area contributed by atoms with Crippen molar-refractivity contribution in [3.63, 3.8) is 0 Å². The molecule has 0 spiro atoms. The lowest BCUT2D eigenvalue weighted by Gasteiger charge is -2.43. The maximum absolute atomic E-state index is 12.6. The lowest BCUT2D eigenvalue weighted by molar-refractivity contribution is 0.00232. The lowest BCUT2D eigenvalue weighted by atomic mass is 9.71. The number of amides is 1. The van der Waals surface area contributed by atoms with Crippen molar-refractivity contribution in [2.24, 2.45) is 0 Å². The Bertz CT molecular complexity index is 793. The number of nitrogens with zero attached hydrogens (tertiary/aromatic N) is 3. The van der Waals surface area contributed by atoms with Crippen LogP contribution in [0, 0.1) is 23.2 Å². The minimum atomic E-state index is -0.622. The van der Waals surface area contributed by atoms with Gasteiger partial charge in [0.25, 0.3) is 0 Å². The smallest absolute Gasteiger partial charge is 0.410 e. The zero-order chi connectivity index (χ0) is 18.9. The van der Waals surface area contributed by atoms with Gasteiger partial charge in [-0.15, -0.1) is 5.92 Å². The predicted octanol–water partition coefficient (Wildman–Crippen LogP) is 3.78. The number of nitriles is 1. The molecule has 0 aromatic carbocycles. The van der Waals surface area contributed by atoms with E-state index in [0.29, 0.717) is 12.8 Å². The van der Waals surface area contributed by atoms with Crippen LogP contribution in [-0.4, -0.2) is 33.7 Å². The Morgan fingerprint density at radius 1 is 1.31 bits per heavy atom. The Hall–Kier alpha value is -2.53. The van der Waals surface area contributed by atoms with E-state index in [1.807, 2.05) is 31.7 Å². The average Bonchev–Trinajstić information content (AvgIpc) is 2.85. The summed E-state index contributed by atoms with van der Waals surface area (Å²) in [6.45, 7) is 7.42. The number of rotatable bonds is 1. The second-order valence-electron chi connectivity index (χ2n) is 8.21. The van der Waals surface area contributed by atoms with Crippen molar-refractivity contribution >= 4 is 6.09 Å². The zero-order valence-corrected chi connectivity index (χ0v) is 15.9. The minimum Gasteiger partial charge on any atom is -0.444 e. The van der Waals surface area contributed by atoms with Crippen LogP contribution in [0.25, 0.3) is 0 Å². The fourth-order valence-corrected chi connectivity index (χ4v) is 4.17. The molecule has 2 aliphatic heterocycles. The first-order valence-corrected chi connectivity index (χ1v) is 9.09. The molecule has 1 amide bonds. The Morgan fingerprint density at radius 2 is 1.96 bits per heavy atom. The first-order chi connectivity index (χ1) is 12.3. The monoisotopic (exact) mass is 351 g/mol. The number of fused-ring (bicyclic) bond motifs is 2. The van der Waals surface area contributed by atoms with Crippen molar-refractivity contribution in [1.29, 1.82) is 5.26 Å². The van der Waals surface area contributed by atoms with Gasteiger partial charge in [0.05, 0.1) is 11.5 Å². The number of pyridine rings is 1. The van der Waals surface area contributed by atoms with Crippen molar-refractivity contribution in [1.82, 2.24) is 9.88 Å². The molecule has 5 nitrogen and oxygen atoms in total. The van der Waals surface area contributed by atoms with Crippen LogP contribution in [-0.2, 0) is 10.2 Å². The van der Waals surface area contributed by atoms with Gasteiger partial charge in [0.1, 0.15) is 5.60 Å². The van der Waals surface area contributed by atoms with E-state index in [1.165, 1.54) is 0 Å². The van der Waals surface area contributed by atoms with Crippen LogP contribution in [0.4, 0.5) is 4.79 Å². The van der Waals surface area contributed by atoms with Crippen LogP contribution < -0.4 is 0 Å². The number of hydrogen-bond donors (Lipinski definition) is 0. The molecule has 0 saturated carbocycles. The van der Waals surface area contributed by atoms with Crippen LogP contribution in [0.2, 0.25) is 0 Å². The maximum atomic E-state index is 12.6. The molecule has 0 N–H and O–H groups in total. The fraction of sp³-hybridized carbons (Fsp3) is 0.571. The number of hydrogen-bond acceptors (Lipinski definition) is 4. The van der Waals surface area contributed by atoms with Crippen molar-refractivity contribution in [3.05, 3.63) is 29.6 Å². The van der Waals surface area contributed by atoms with Crippen molar-refractivity contribution < 1.29 is 9.53 Å². The van der Waals surface area contributed by atoms with Gasteiger partial charge in [0.2, 0.25) is 0 Å². The third-order valence-electron chi connectivity index (χ3n) is 5.17. The van der Waals surface area contributed by atoms with Gasteiger partial charge in [-0.25, -0.2) is 4.79 Å². The molecule has 2 bridgehead atoms. The molecule has 3 heterocycles. The molecule has 3 rings (SSSR count). The highest BCUT2D eigenvalue weighted by Gasteiger charge is 2.52. The summed E-state index contributed by atoms with van der Waals surface area (Å²) in [6.07, 6.45) is 6.28. The number of aromatic nitrogens is 1. The van der Waals surface area contributed by atoms with Gasteiger partial charge >= 0.3 is 6.09 Å². The minimum absolute atomic E-state index is 0.0316.